The summed E-state index contributed by atoms with van der Waals surface area (Å²) in [6, 6.07) is 19.7. The molecule has 2 heterocycles. The van der Waals surface area contributed by atoms with E-state index in [2.05, 4.69) is 11.1 Å². The van der Waals surface area contributed by atoms with Crippen molar-refractivity contribution >= 4 is 22.7 Å². The molecule has 32 heavy (non-hydrogen) atoms. The van der Waals surface area contributed by atoms with Crippen LogP contribution < -0.4 is 4.74 Å². The maximum atomic E-state index is 12.9. The Morgan fingerprint density at radius 1 is 1.00 bits per heavy atom. The van der Waals surface area contributed by atoms with E-state index in [1.807, 2.05) is 28.8 Å². The van der Waals surface area contributed by atoms with Crippen molar-refractivity contribution in [3.8, 4) is 17.6 Å². The zero-order valence-corrected chi connectivity index (χ0v) is 17.1. The summed E-state index contributed by atoms with van der Waals surface area (Å²) in [5.74, 6) is -0.193. The van der Waals surface area contributed by atoms with Gasteiger partial charge in [-0.25, -0.2) is 4.79 Å². The van der Waals surface area contributed by atoms with E-state index in [1.54, 1.807) is 48.8 Å². The largest absolute Gasteiger partial charge is 0.455 e. The van der Waals surface area contributed by atoms with Gasteiger partial charge in [0.2, 0.25) is 5.78 Å². The molecule has 7 nitrogen and oxygen atoms in total. The van der Waals surface area contributed by atoms with Crippen LogP contribution in [-0.2, 0) is 11.3 Å². The lowest BCUT2D eigenvalue weighted by Gasteiger charge is -2.10. The zero-order valence-electron chi connectivity index (χ0n) is 17.1. The fraction of sp³-hybridized carbons (Fsp3) is 0.120. The molecule has 0 N–H and O–H groups in total. The van der Waals surface area contributed by atoms with Crippen LogP contribution in [0.2, 0.25) is 0 Å². The number of benzene rings is 2. The molecule has 4 aromatic rings. The Bertz CT molecular complexity index is 1310. The third kappa shape index (κ3) is 4.50. The van der Waals surface area contributed by atoms with Gasteiger partial charge in [0, 0.05) is 35.4 Å². The van der Waals surface area contributed by atoms with Crippen molar-refractivity contribution in [3.05, 3.63) is 90.4 Å². The number of ether oxygens (including phenoxy) is 2. The lowest BCUT2D eigenvalue weighted by atomic mass is 10.1. The predicted octanol–water partition coefficient (Wildman–Crippen LogP) is 4.78. The fourth-order valence-corrected chi connectivity index (χ4v) is 3.37. The number of nitriles is 1. The highest BCUT2D eigenvalue weighted by molar-refractivity contribution is 6.09. The molecule has 0 unspecified atom stereocenters. The average Bonchev–Trinajstić information content (AvgIpc) is 3.21. The van der Waals surface area contributed by atoms with E-state index in [0.717, 1.165) is 10.9 Å². The first-order valence-electron chi connectivity index (χ1n) is 9.99. The Kier molecular flexibility index (Phi) is 6.23. The SMILES string of the molecule is N#CCCn1cc(C(=O)COC(=O)c2ccccc2Oc2cccnc2)c2ccccc21. The number of para-hydroxylation sites is 2. The number of hydrogen-bond acceptors (Lipinski definition) is 6. The second-order valence-electron chi connectivity index (χ2n) is 6.95. The number of pyridine rings is 1. The van der Waals surface area contributed by atoms with E-state index in [4.69, 9.17) is 14.7 Å². The first-order chi connectivity index (χ1) is 15.7. The number of ketones is 1. The van der Waals surface area contributed by atoms with Crippen molar-refractivity contribution in [1.82, 2.24) is 9.55 Å². The number of Topliss-reactive ketones (excluding diaryl/α,β-unsaturated/α-hetero) is 1. The highest BCUT2D eigenvalue weighted by Gasteiger charge is 2.19. The molecule has 0 amide bonds. The topological polar surface area (TPSA) is 94.2 Å². The van der Waals surface area contributed by atoms with Crippen LogP contribution in [0.4, 0.5) is 0 Å². The third-order valence-electron chi connectivity index (χ3n) is 4.86. The molecule has 0 radical (unpaired) electrons. The van der Waals surface area contributed by atoms with Gasteiger partial charge in [0.15, 0.2) is 6.61 Å². The van der Waals surface area contributed by atoms with E-state index in [-0.39, 0.29) is 11.3 Å². The smallest absolute Gasteiger partial charge is 0.342 e. The molecule has 0 fully saturated rings. The van der Waals surface area contributed by atoms with Crippen LogP contribution in [0, 0.1) is 11.3 Å². The number of nitrogens with zero attached hydrogens (tertiary/aromatic N) is 3. The van der Waals surface area contributed by atoms with E-state index in [1.165, 1.54) is 6.20 Å². The molecule has 0 spiro atoms. The van der Waals surface area contributed by atoms with Crippen LogP contribution in [0.3, 0.4) is 0 Å². The average molecular weight is 425 g/mol. The second kappa shape index (κ2) is 9.58. The first-order valence-corrected chi connectivity index (χ1v) is 9.99. The second-order valence-corrected chi connectivity index (χ2v) is 6.95. The normalized spacial score (nSPS) is 10.5. The number of rotatable bonds is 8. The minimum Gasteiger partial charge on any atom is -0.455 e. The summed E-state index contributed by atoms with van der Waals surface area (Å²) in [6.45, 7) is 0.0649. The summed E-state index contributed by atoms with van der Waals surface area (Å²) in [7, 11) is 0. The number of fused-ring (bicyclic) bond motifs is 1. The number of carbonyl (C=O) groups is 2. The Morgan fingerprint density at radius 2 is 1.81 bits per heavy atom. The zero-order chi connectivity index (χ0) is 22.3. The Morgan fingerprint density at radius 3 is 2.62 bits per heavy atom. The minimum atomic E-state index is -0.661. The lowest BCUT2D eigenvalue weighted by Crippen LogP contribution is -2.14. The van der Waals surface area contributed by atoms with Crippen molar-refractivity contribution in [2.75, 3.05) is 6.61 Å². The van der Waals surface area contributed by atoms with Gasteiger partial charge in [-0.05, 0) is 30.3 Å². The summed E-state index contributed by atoms with van der Waals surface area (Å²) in [5, 5.41) is 9.64. The van der Waals surface area contributed by atoms with Crippen molar-refractivity contribution in [2.24, 2.45) is 0 Å². The van der Waals surface area contributed by atoms with Gasteiger partial charge in [-0.15, -0.1) is 0 Å². The lowest BCUT2D eigenvalue weighted by molar-refractivity contribution is 0.0472. The molecule has 4 rings (SSSR count). The van der Waals surface area contributed by atoms with Gasteiger partial charge >= 0.3 is 5.97 Å². The van der Waals surface area contributed by atoms with Crippen LogP contribution in [0.1, 0.15) is 27.1 Å². The molecule has 0 saturated carbocycles. The maximum Gasteiger partial charge on any atom is 0.342 e. The summed E-state index contributed by atoms with van der Waals surface area (Å²) in [5.41, 5.74) is 1.51. The monoisotopic (exact) mass is 425 g/mol. The van der Waals surface area contributed by atoms with Crippen LogP contribution >= 0.6 is 0 Å². The Balaban J connectivity index is 1.50. The molecule has 0 aliphatic rings. The van der Waals surface area contributed by atoms with E-state index in [9.17, 15) is 9.59 Å². The number of esters is 1. The van der Waals surface area contributed by atoms with Crippen LogP contribution in [0.25, 0.3) is 10.9 Å². The van der Waals surface area contributed by atoms with Crippen LogP contribution in [0.5, 0.6) is 11.5 Å². The molecule has 0 saturated heterocycles. The molecular formula is C25H19N3O4. The Labute approximate surface area is 184 Å². The molecule has 0 aliphatic heterocycles. The van der Waals surface area contributed by atoms with Gasteiger partial charge in [0.1, 0.15) is 17.1 Å². The number of aromatic nitrogens is 2. The van der Waals surface area contributed by atoms with E-state index < -0.39 is 12.6 Å². The highest BCUT2D eigenvalue weighted by Crippen LogP contribution is 2.26. The van der Waals surface area contributed by atoms with E-state index in [0.29, 0.717) is 30.0 Å². The summed E-state index contributed by atoms with van der Waals surface area (Å²) < 4.78 is 12.9. The molecule has 0 atom stereocenters. The fourth-order valence-electron chi connectivity index (χ4n) is 3.37. The van der Waals surface area contributed by atoms with Gasteiger partial charge in [0.25, 0.3) is 0 Å². The van der Waals surface area contributed by atoms with Crippen molar-refractivity contribution in [1.29, 1.82) is 5.26 Å². The molecule has 0 bridgehead atoms. The molecule has 2 aromatic carbocycles. The van der Waals surface area contributed by atoms with Crippen LogP contribution in [0.15, 0.2) is 79.3 Å². The predicted molar refractivity (Wildman–Crippen MR) is 118 cm³/mol. The molecule has 158 valence electrons. The van der Waals surface area contributed by atoms with E-state index >= 15 is 0 Å². The van der Waals surface area contributed by atoms with Gasteiger partial charge in [0.05, 0.1) is 18.7 Å². The van der Waals surface area contributed by atoms with Gasteiger partial charge in [-0.2, -0.15) is 5.26 Å². The Hall–Kier alpha value is -4.44. The van der Waals surface area contributed by atoms with Crippen molar-refractivity contribution in [3.63, 3.8) is 0 Å². The minimum absolute atomic E-state index is 0.209. The van der Waals surface area contributed by atoms with Gasteiger partial charge in [-0.3, -0.25) is 9.78 Å². The van der Waals surface area contributed by atoms with Gasteiger partial charge in [-0.1, -0.05) is 30.3 Å². The summed E-state index contributed by atoms with van der Waals surface area (Å²) in [6.07, 6.45) is 5.19. The molecule has 2 aromatic heterocycles. The highest BCUT2D eigenvalue weighted by atomic mass is 16.5. The summed E-state index contributed by atoms with van der Waals surface area (Å²) >= 11 is 0. The number of hydrogen-bond donors (Lipinski definition) is 0. The standard InChI is InChI=1S/C25H19N3O4/c26-12-6-14-28-16-21(19-8-1-3-10-22(19)28)23(29)17-31-25(30)20-9-2-4-11-24(20)32-18-7-5-13-27-15-18/h1-5,7-11,13,15-16H,6,14,17H2. The quantitative estimate of drug-likeness (QED) is 0.298. The number of aryl methyl sites for hydroxylation is 1. The van der Waals surface area contributed by atoms with Crippen LogP contribution in [-0.4, -0.2) is 27.9 Å². The first kappa shape index (κ1) is 20.8. The van der Waals surface area contributed by atoms with Gasteiger partial charge < -0.3 is 14.0 Å². The number of carbonyl (C=O) groups excluding carboxylic acids is 2. The molecule has 7 heteroatoms. The summed E-state index contributed by atoms with van der Waals surface area (Å²) in [4.78, 5) is 29.5. The van der Waals surface area contributed by atoms with Crippen molar-refractivity contribution < 1.29 is 19.1 Å². The molecule has 0 aliphatic carbocycles. The maximum absolute atomic E-state index is 12.9. The molecular weight excluding hydrogens is 406 g/mol. The third-order valence-corrected chi connectivity index (χ3v) is 4.86. The van der Waals surface area contributed by atoms with Crippen molar-refractivity contribution in [2.45, 2.75) is 13.0 Å².